The van der Waals surface area contributed by atoms with E-state index < -0.39 is 11.8 Å². The summed E-state index contributed by atoms with van der Waals surface area (Å²) >= 11 is 0. The van der Waals surface area contributed by atoms with E-state index in [4.69, 9.17) is 10.5 Å². The minimum absolute atomic E-state index is 0.0334. The summed E-state index contributed by atoms with van der Waals surface area (Å²) in [4.78, 5) is 11.7. The van der Waals surface area contributed by atoms with Crippen LogP contribution < -0.4 is 5.73 Å². The highest BCUT2D eigenvalue weighted by Crippen LogP contribution is 2.42. The van der Waals surface area contributed by atoms with Gasteiger partial charge in [-0.1, -0.05) is 18.2 Å². The van der Waals surface area contributed by atoms with Gasteiger partial charge in [0.2, 0.25) is 11.8 Å². The highest BCUT2D eigenvalue weighted by atomic mass is 19.3. The van der Waals surface area contributed by atoms with E-state index in [1.807, 2.05) is 12.1 Å². The number of carbonyl (C=O) groups is 1. The number of rotatable bonds is 4. The lowest BCUT2D eigenvalue weighted by Crippen LogP contribution is -2.26. The van der Waals surface area contributed by atoms with Gasteiger partial charge in [-0.05, 0) is 29.9 Å². The molecule has 0 atom stereocenters. The van der Waals surface area contributed by atoms with Crippen molar-refractivity contribution in [2.75, 3.05) is 7.11 Å². The summed E-state index contributed by atoms with van der Waals surface area (Å²) in [6, 6.07) is 5.42. The SMILES string of the molecule is COCc1cccc(C2CCC(F)(F)CC2)c1C(N)=O. The highest BCUT2D eigenvalue weighted by Gasteiger charge is 2.36. The standard InChI is InChI=1S/C15H19F2NO2/c1-20-9-11-3-2-4-12(13(11)14(18)19)10-5-7-15(16,17)8-6-10/h2-4,10H,5-9H2,1H3,(H2,18,19). The van der Waals surface area contributed by atoms with Gasteiger partial charge in [-0.25, -0.2) is 8.78 Å². The zero-order chi connectivity index (χ0) is 14.8. The van der Waals surface area contributed by atoms with Gasteiger partial charge in [-0.15, -0.1) is 0 Å². The lowest BCUT2D eigenvalue weighted by atomic mass is 9.79. The highest BCUT2D eigenvalue weighted by molar-refractivity contribution is 5.96. The van der Waals surface area contributed by atoms with Gasteiger partial charge >= 0.3 is 0 Å². The van der Waals surface area contributed by atoms with Crippen molar-refractivity contribution in [3.05, 3.63) is 34.9 Å². The smallest absolute Gasteiger partial charge is 0.249 e. The number of primary amides is 1. The molecule has 1 aliphatic carbocycles. The number of halogens is 2. The maximum absolute atomic E-state index is 13.2. The third-order valence-electron chi connectivity index (χ3n) is 3.89. The van der Waals surface area contributed by atoms with Crippen LogP contribution in [0.3, 0.4) is 0 Å². The molecule has 2 N–H and O–H groups in total. The van der Waals surface area contributed by atoms with Gasteiger partial charge in [-0.2, -0.15) is 0 Å². The molecule has 2 rings (SSSR count). The van der Waals surface area contributed by atoms with Crippen molar-refractivity contribution < 1.29 is 18.3 Å². The maximum atomic E-state index is 13.2. The molecule has 0 aromatic heterocycles. The van der Waals surface area contributed by atoms with Gasteiger partial charge in [-0.3, -0.25) is 4.79 Å². The Labute approximate surface area is 117 Å². The van der Waals surface area contributed by atoms with E-state index in [0.29, 0.717) is 18.4 Å². The van der Waals surface area contributed by atoms with Crippen LogP contribution in [-0.4, -0.2) is 18.9 Å². The Hall–Kier alpha value is -1.49. The number of benzene rings is 1. The summed E-state index contributed by atoms with van der Waals surface area (Å²) in [5.74, 6) is -3.13. The number of carbonyl (C=O) groups excluding carboxylic acids is 1. The van der Waals surface area contributed by atoms with Crippen LogP contribution in [0.4, 0.5) is 8.78 Å². The number of methoxy groups -OCH3 is 1. The van der Waals surface area contributed by atoms with Crippen LogP contribution in [0.5, 0.6) is 0 Å². The van der Waals surface area contributed by atoms with Crippen LogP contribution in [-0.2, 0) is 11.3 Å². The van der Waals surface area contributed by atoms with Crippen molar-refractivity contribution in [1.29, 1.82) is 0 Å². The van der Waals surface area contributed by atoms with Crippen LogP contribution >= 0.6 is 0 Å². The lowest BCUT2D eigenvalue weighted by molar-refractivity contribution is -0.0382. The predicted molar refractivity (Wildman–Crippen MR) is 71.8 cm³/mol. The summed E-state index contributed by atoms with van der Waals surface area (Å²) in [5.41, 5.74) is 7.40. The Morgan fingerprint density at radius 3 is 2.60 bits per heavy atom. The second-order valence-electron chi connectivity index (χ2n) is 5.31. The number of hydrogen-bond acceptors (Lipinski definition) is 2. The van der Waals surface area contributed by atoms with Gasteiger partial charge < -0.3 is 10.5 Å². The number of amides is 1. The molecular formula is C15H19F2NO2. The Balaban J connectivity index is 2.32. The fraction of sp³-hybridized carbons (Fsp3) is 0.533. The molecule has 3 nitrogen and oxygen atoms in total. The van der Waals surface area contributed by atoms with Gasteiger partial charge in [0.1, 0.15) is 0 Å². The maximum Gasteiger partial charge on any atom is 0.249 e. The summed E-state index contributed by atoms with van der Waals surface area (Å²) in [7, 11) is 1.54. The van der Waals surface area contributed by atoms with E-state index in [1.54, 1.807) is 13.2 Å². The first-order valence-corrected chi connectivity index (χ1v) is 6.73. The fourth-order valence-electron chi connectivity index (χ4n) is 2.89. The van der Waals surface area contributed by atoms with Crippen molar-refractivity contribution in [1.82, 2.24) is 0 Å². The van der Waals surface area contributed by atoms with E-state index >= 15 is 0 Å². The van der Waals surface area contributed by atoms with Gasteiger partial charge in [0.15, 0.2) is 0 Å². The van der Waals surface area contributed by atoms with Gasteiger partial charge in [0.05, 0.1) is 6.61 Å². The summed E-state index contributed by atoms with van der Waals surface area (Å²) in [6.45, 7) is 0.287. The minimum Gasteiger partial charge on any atom is -0.380 e. The number of alkyl halides is 2. The zero-order valence-corrected chi connectivity index (χ0v) is 11.5. The van der Waals surface area contributed by atoms with Crippen LogP contribution in [0.15, 0.2) is 18.2 Å². The lowest BCUT2D eigenvalue weighted by Gasteiger charge is -2.29. The molecule has 0 bridgehead atoms. The molecule has 0 radical (unpaired) electrons. The largest absolute Gasteiger partial charge is 0.380 e. The molecule has 1 aromatic rings. The molecule has 0 aliphatic heterocycles. The third-order valence-corrected chi connectivity index (χ3v) is 3.89. The molecule has 0 unspecified atom stereocenters. The average Bonchev–Trinajstić information content (AvgIpc) is 2.38. The summed E-state index contributed by atoms with van der Waals surface area (Å²) < 4.78 is 31.5. The Morgan fingerprint density at radius 1 is 1.40 bits per heavy atom. The number of nitrogens with two attached hydrogens (primary N) is 1. The molecule has 5 heteroatoms. The topological polar surface area (TPSA) is 52.3 Å². The molecule has 0 spiro atoms. The summed E-state index contributed by atoms with van der Waals surface area (Å²) in [6.07, 6.45) is 0.488. The van der Waals surface area contributed by atoms with Gasteiger partial charge in [0.25, 0.3) is 0 Å². The van der Waals surface area contributed by atoms with Crippen molar-refractivity contribution in [2.45, 2.75) is 44.1 Å². The second kappa shape index (κ2) is 5.87. The number of hydrogen-bond donors (Lipinski definition) is 1. The second-order valence-corrected chi connectivity index (χ2v) is 5.31. The van der Waals surface area contributed by atoms with E-state index in [1.165, 1.54) is 0 Å². The molecule has 1 saturated carbocycles. The molecule has 1 amide bonds. The zero-order valence-electron chi connectivity index (χ0n) is 11.5. The first-order chi connectivity index (χ1) is 9.44. The van der Waals surface area contributed by atoms with Crippen LogP contribution in [0.25, 0.3) is 0 Å². The molecule has 1 aromatic carbocycles. The molecule has 110 valence electrons. The van der Waals surface area contributed by atoms with E-state index in [2.05, 4.69) is 0 Å². The molecular weight excluding hydrogens is 264 g/mol. The monoisotopic (exact) mass is 283 g/mol. The Morgan fingerprint density at radius 2 is 2.05 bits per heavy atom. The normalized spacial score (nSPS) is 18.9. The van der Waals surface area contributed by atoms with Crippen LogP contribution in [0.2, 0.25) is 0 Å². The minimum atomic E-state index is -2.58. The first kappa shape index (κ1) is 14.9. The first-order valence-electron chi connectivity index (χ1n) is 6.73. The fourth-order valence-corrected chi connectivity index (χ4v) is 2.89. The molecule has 0 heterocycles. The predicted octanol–water partition coefficient (Wildman–Crippen LogP) is 3.22. The van der Waals surface area contributed by atoms with E-state index in [0.717, 1.165) is 11.1 Å². The Bertz CT molecular complexity index is 493. The van der Waals surface area contributed by atoms with E-state index in [9.17, 15) is 13.6 Å². The quantitative estimate of drug-likeness (QED) is 0.922. The number of ether oxygens (including phenoxy) is 1. The Kier molecular flexibility index (Phi) is 4.38. The average molecular weight is 283 g/mol. The molecule has 0 saturated heterocycles. The van der Waals surface area contributed by atoms with Gasteiger partial charge in [0, 0.05) is 25.5 Å². The molecule has 1 aliphatic rings. The van der Waals surface area contributed by atoms with Crippen molar-refractivity contribution >= 4 is 5.91 Å². The molecule has 20 heavy (non-hydrogen) atoms. The third kappa shape index (κ3) is 3.15. The van der Waals surface area contributed by atoms with Crippen LogP contribution in [0, 0.1) is 0 Å². The van der Waals surface area contributed by atoms with Crippen molar-refractivity contribution in [3.8, 4) is 0 Å². The summed E-state index contributed by atoms with van der Waals surface area (Å²) in [5, 5.41) is 0. The van der Waals surface area contributed by atoms with Crippen molar-refractivity contribution in [2.24, 2.45) is 5.73 Å². The molecule has 1 fully saturated rings. The van der Waals surface area contributed by atoms with E-state index in [-0.39, 0.29) is 25.4 Å². The van der Waals surface area contributed by atoms with Crippen LogP contribution in [0.1, 0.15) is 53.1 Å². The van der Waals surface area contributed by atoms with Crippen molar-refractivity contribution in [3.63, 3.8) is 0 Å².